The molecule has 0 amide bonds. The molecule has 2 aromatic carbocycles. The lowest BCUT2D eigenvalue weighted by Gasteiger charge is -2.07. The van der Waals surface area contributed by atoms with E-state index < -0.39 is 0 Å². The topological polar surface area (TPSA) is 22.4 Å². The number of benzene rings is 2. The molecule has 21 heavy (non-hydrogen) atoms. The van der Waals surface area contributed by atoms with Gasteiger partial charge < -0.3 is 9.15 Å². The molecule has 1 unspecified atom stereocenters. The van der Waals surface area contributed by atoms with Crippen molar-refractivity contribution in [2.75, 3.05) is 7.11 Å². The lowest BCUT2D eigenvalue weighted by atomic mass is 10.1. The van der Waals surface area contributed by atoms with Gasteiger partial charge in [0.1, 0.15) is 17.1 Å². The highest BCUT2D eigenvalue weighted by molar-refractivity contribution is 9.09. The third-order valence-electron chi connectivity index (χ3n) is 3.57. The second kappa shape index (κ2) is 5.94. The average Bonchev–Trinajstić information content (AvgIpc) is 2.91. The Balaban J connectivity index is 1.80. The quantitative estimate of drug-likeness (QED) is 0.589. The molecule has 0 fully saturated rings. The molecule has 1 atom stereocenters. The zero-order valence-electron chi connectivity index (χ0n) is 12.1. The van der Waals surface area contributed by atoms with E-state index in [1.54, 1.807) is 7.11 Å². The molecule has 3 rings (SSSR count). The smallest absolute Gasteiger partial charge is 0.134 e. The number of hydrogen-bond donors (Lipinski definition) is 0. The first kappa shape index (κ1) is 14.2. The van der Waals surface area contributed by atoms with Crippen molar-refractivity contribution in [1.29, 1.82) is 0 Å². The van der Waals surface area contributed by atoms with E-state index in [9.17, 15) is 0 Å². The molecule has 0 aliphatic rings. The number of methoxy groups -OCH3 is 1. The largest absolute Gasteiger partial charge is 0.497 e. The monoisotopic (exact) mass is 344 g/mol. The summed E-state index contributed by atoms with van der Waals surface area (Å²) in [7, 11) is 1.68. The summed E-state index contributed by atoms with van der Waals surface area (Å²) in [5.41, 5.74) is 3.43. The van der Waals surface area contributed by atoms with Gasteiger partial charge in [-0.1, -0.05) is 39.7 Å². The predicted molar refractivity (Wildman–Crippen MR) is 89.3 cm³/mol. The molecule has 0 aliphatic heterocycles. The first-order valence-electron chi connectivity index (χ1n) is 6.93. The van der Waals surface area contributed by atoms with Crippen LogP contribution in [0.5, 0.6) is 5.75 Å². The van der Waals surface area contributed by atoms with Crippen molar-refractivity contribution in [2.24, 2.45) is 0 Å². The Morgan fingerprint density at radius 3 is 2.57 bits per heavy atom. The molecule has 1 aromatic heterocycles. The van der Waals surface area contributed by atoms with Gasteiger partial charge in [-0.05, 0) is 49.2 Å². The summed E-state index contributed by atoms with van der Waals surface area (Å²) in [4.78, 5) is 0.165. The number of halogens is 1. The lowest BCUT2D eigenvalue weighted by molar-refractivity contribution is 0.414. The van der Waals surface area contributed by atoms with Crippen molar-refractivity contribution in [2.45, 2.75) is 18.2 Å². The highest BCUT2D eigenvalue weighted by Crippen LogP contribution is 2.32. The molecular weight excluding hydrogens is 328 g/mol. The number of rotatable bonds is 4. The van der Waals surface area contributed by atoms with Crippen LogP contribution in [0.3, 0.4) is 0 Å². The third-order valence-corrected chi connectivity index (χ3v) is 4.35. The first-order valence-corrected chi connectivity index (χ1v) is 7.84. The average molecular weight is 345 g/mol. The van der Waals surface area contributed by atoms with Crippen molar-refractivity contribution in [1.82, 2.24) is 0 Å². The van der Waals surface area contributed by atoms with E-state index in [0.29, 0.717) is 0 Å². The third kappa shape index (κ3) is 3.13. The number of aryl methyl sites for hydroxylation is 1. The van der Waals surface area contributed by atoms with Crippen molar-refractivity contribution in [3.05, 3.63) is 65.4 Å². The van der Waals surface area contributed by atoms with Gasteiger partial charge in [-0.2, -0.15) is 0 Å². The van der Waals surface area contributed by atoms with Gasteiger partial charge in [0, 0.05) is 5.39 Å². The molecule has 3 aromatic rings. The Morgan fingerprint density at radius 1 is 1.10 bits per heavy atom. The molecule has 0 bridgehead atoms. The summed E-state index contributed by atoms with van der Waals surface area (Å²) < 4.78 is 11.1. The van der Waals surface area contributed by atoms with E-state index in [1.165, 1.54) is 11.1 Å². The molecule has 0 N–H and O–H groups in total. The highest BCUT2D eigenvalue weighted by Gasteiger charge is 2.14. The SMILES string of the molecule is COc1ccc(CC(Br)c2cc3cc(C)ccc3o2)cc1. The molecule has 2 nitrogen and oxygen atoms in total. The molecule has 0 spiro atoms. The first-order chi connectivity index (χ1) is 10.2. The summed E-state index contributed by atoms with van der Waals surface area (Å²) in [6.07, 6.45) is 0.878. The summed E-state index contributed by atoms with van der Waals surface area (Å²) in [6, 6.07) is 16.5. The number of alkyl halides is 1. The molecular formula is C18H17BrO2. The minimum absolute atomic E-state index is 0.165. The molecule has 0 saturated carbocycles. The maximum Gasteiger partial charge on any atom is 0.134 e. The molecule has 108 valence electrons. The zero-order valence-corrected chi connectivity index (χ0v) is 13.7. The van der Waals surface area contributed by atoms with Gasteiger partial charge in [0.25, 0.3) is 0 Å². The van der Waals surface area contributed by atoms with Crippen LogP contribution in [-0.2, 0) is 6.42 Å². The van der Waals surface area contributed by atoms with Crippen LogP contribution in [0.1, 0.15) is 21.7 Å². The number of ether oxygens (including phenoxy) is 1. The van der Waals surface area contributed by atoms with Crippen LogP contribution in [0.25, 0.3) is 11.0 Å². The predicted octanol–water partition coefficient (Wildman–Crippen LogP) is 5.43. The number of hydrogen-bond acceptors (Lipinski definition) is 2. The van der Waals surface area contributed by atoms with Gasteiger partial charge in [-0.15, -0.1) is 0 Å². The van der Waals surface area contributed by atoms with Gasteiger partial charge in [0.05, 0.1) is 11.9 Å². The van der Waals surface area contributed by atoms with E-state index in [0.717, 1.165) is 28.9 Å². The van der Waals surface area contributed by atoms with E-state index in [4.69, 9.17) is 9.15 Å². The second-order valence-electron chi connectivity index (χ2n) is 5.21. The summed E-state index contributed by atoms with van der Waals surface area (Å²) in [6.45, 7) is 2.09. The van der Waals surface area contributed by atoms with Crippen LogP contribution in [0, 0.1) is 6.92 Å². The Labute approximate surface area is 132 Å². The Hall–Kier alpha value is -1.74. The van der Waals surface area contributed by atoms with Crippen LogP contribution in [0.4, 0.5) is 0 Å². The van der Waals surface area contributed by atoms with E-state index >= 15 is 0 Å². The highest BCUT2D eigenvalue weighted by atomic mass is 79.9. The maximum atomic E-state index is 5.93. The Morgan fingerprint density at radius 2 is 1.86 bits per heavy atom. The molecule has 0 aliphatic carbocycles. The fourth-order valence-corrected chi connectivity index (χ4v) is 3.01. The van der Waals surface area contributed by atoms with E-state index in [-0.39, 0.29) is 4.83 Å². The number of furan rings is 1. The fraction of sp³-hybridized carbons (Fsp3) is 0.222. The van der Waals surface area contributed by atoms with Gasteiger partial charge in [0.15, 0.2) is 0 Å². The molecule has 0 radical (unpaired) electrons. The van der Waals surface area contributed by atoms with Gasteiger partial charge in [0.2, 0.25) is 0 Å². The van der Waals surface area contributed by atoms with Gasteiger partial charge in [-0.3, -0.25) is 0 Å². The number of fused-ring (bicyclic) bond motifs is 1. The summed E-state index contributed by atoms with van der Waals surface area (Å²) in [5, 5.41) is 1.16. The molecule has 0 saturated heterocycles. The maximum absolute atomic E-state index is 5.93. The second-order valence-corrected chi connectivity index (χ2v) is 6.32. The van der Waals surface area contributed by atoms with Crippen molar-refractivity contribution < 1.29 is 9.15 Å². The van der Waals surface area contributed by atoms with Crippen LogP contribution in [0.2, 0.25) is 0 Å². The Kier molecular flexibility index (Phi) is 4.02. The van der Waals surface area contributed by atoms with E-state index in [1.807, 2.05) is 18.2 Å². The summed E-state index contributed by atoms with van der Waals surface area (Å²) >= 11 is 3.73. The zero-order chi connectivity index (χ0) is 14.8. The normalized spacial score (nSPS) is 12.5. The fourth-order valence-electron chi connectivity index (χ4n) is 2.41. The van der Waals surface area contributed by atoms with Crippen LogP contribution < -0.4 is 4.74 Å². The van der Waals surface area contributed by atoms with Crippen LogP contribution in [-0.4, -0.2) is 7.11 Å². The standard InChI is InChI=1S/C18H17BrO2/c1-12-3-8-17-14(9-12)11-18(21-17)16(19)10-13-4-6-15(20-2)7-5-13/h3-9,11,16H,10H2,1-2H3. The summed E-state index contributed by atoms with van der Waals surface area (Å²) in [5.74, 6) is 1.84. The van der Waals surface area contributed by atoms with E-state index in [2.05, 4.69) is 53.2 Å². The van der Waals surface area contributed by atoms with Crippen molar-refractivity contribution in [3.8, 4) is 5.75 Å². The van der Waals surface area contributed by atoms with Crippen LogP contribution in [0.15, 0.2) is 52.9 Å². The lowest BCUT2D eigenvalue weighted by Crippen LogP contribution is -1.94. The van der Waals surface area contributed by atoms with Crippen LogP contribution >= 0.6 is 15.9 Å². The van der Waals surface area contributed by atoms with Gasteiger partial charge in [-0.25, -0.2) is 0 Å². The minimum atomic E-state index is 0.165. The Bertz CT molecular complexity index is 744. The van der Waals surface area contributed by atoms with Crippen molar-refractivity contribution in [3.63, 3.8) is 0 Å². The molecule has 3 heteroatoms. The van der Waals surface area contributed by atoms with Crippen molar-refractivity contribution >= 4 is 26.9 Å². The van der Waals surface area contributed by atoms with Gasteiger partial charge >= 0.3 is 0 Å². The minimum Gasteiger partial charge on any atom is -0.497 e. The molecule has 1 heterocycles.